The molecule has 0 bridgehead atoms. The first-order valence-electron chi connectivity index (χ1n) is 6.72. The average Bonchev–Trinajstić information content (AvgIpc) is 2.96. The number of carbonyl (C=O) groups excluding carboxylic acids is 1. The van der Waals surface area contributed by atoms with Crippen LogP contribution in [0.1, 0.15) is 35.9 Å². The average molecular weight is 250 g/mol. The third kappa shape index (κ3) is 3.10. The van der Waals surface area contributed by atoms with E-state index >= 15 is 0 Å². The fourth-order valence-corrected chi connectivity index (χ4v) is 2.33. The summed E-state index contributed by atoms with van der Waals surface area (Å²) in [6, 6.07) is 1.89. The SMILES string of the molecule is CCCc1cc(C(=O)NC[C@H]2CCNC2)n(C)n1. The number of nitrogens with zero attached hydrogens (tertiary/aromatic N) is 2. The Hall–Kier alpha value is -1.36. The molecule has 5 heteroatoms. The number of aromatic nitrogens is 2. The van der Waals surface area contributed by atoms with Crippen LogP contribution in [0.25, 0.3) is 0 Å². The summed E-state index contributed by atoms with van der Waals surface area (Å²) in [5.74, 6) is 0.552. The first-order chi connectivity index (χ1) is 8.70. The predicted octanol–water partition coefficient (Wildman–Crippen LogP) is 0.712. The van der Waals surface area contributed by atoms with E-state index in [2.05, 4.69) is 22.7 Å². The van der Waals surface area contributed by atoms with E-state index < -0.39 is 0 Å². The van der Waals surface area contributed by atoms with Gasteiger partial charge in [0.1, 0.15) is 5.69 Å². The van der Waals surface area contributed by atoms with E-state index in [9.17, 15) is 4.79 Å². The summed E-state index contributed by atoms with van der Waals surface area (Å²) in [4.78, 5) is 12.0. The third-order valence-electron chi connectivity index (χ3n) is 3.38. The molecule has 2 N–H and O–H groups in total. The molecule has 5 nitrogen and oxygen atoms in total. The summed E-state index contributed by atoms with van der Waals surface area (Å²) in [5, 5.41) is 10.6. The van der Waals surface area contributed by atoms with Crippen molar-refractivity contribution in [2.24, 2.45) is 13.0 Å². The largest absolute Gasteiger partial charge is 0.350 e. The summed E-state index contributed by atoms with van der Waals surface area (Å²) in [7, 11) is 1.82. The summed E-state index contributed by atoms with van der Waals surface area (Å²) >= 11 is 0. The highest BCUT2D eigenvalue weighted by Crippen LogP contribution is 2.08. The molecule has 0 unspecified atom stereocenters. The highest BCUT2D eigenvalue weighted by molar-refractivity contribution is 5.92. The Balaban J connectivity index is 1.91. The van der Waals surface area contributed by atoms with E-state index in [1.54, 1.807) is 4.68 Å². The molecule has 0 aromatic carbocycles. The second-order valence-corrected chi connectivity index (χ2v) is 4.96. The fraction of sp³-hybridized carbons (Fsp3) is 0.692. The molecule has 1 aromatic heterocycles. The molecular formula is C13H22N4O. The van der Waals surface area contributed by atoms with Gasteiger partial charge >= 0.3 is 0 Å². The molecule has 2 rings (SSSR count). The van der Waals surface area contributed by atoms with Crippen LogP contribution in [0.5, 0.6) is 0 Å². The van der Waals surface area contributed by atoms with Crippen molar-refractivity contribution in [2.75, 3.05) is 19.6 Å². The second-order valence-electron chi connectivity index (χ2n) is 4.96. The zero-order valence-corrected chi connectivity index (χ0v) is 11.2. The molecule has 2 heterocycles. The zero-order valence-electron chi connectivity index (χ0n) is 11.2. The molecular weight excluding hydrogens is 228 g/mol. The van der Waals surface area contributed by atoms with E-state index in [4.69, 9.17) is 0 Å². The molecule has 0 aliphatic carbocycles. The lowest BCUT2D eigenvalue weighted by Crippen LogP contribution is -2.31. The minimum absolute atomic E-state index is 0.0146. The van der Waals surface area contributed by atoms with E-state index in [0.29, 0.717) is 11.6 Å². The number of amides is 1. The van der Waals surface area contributed by atoms with Crippen LogP contribution < -0.4 is 10.6 Å². The van der Waals surface area contributed by atoms with Gasteiger partial charge in [-0.25, -0.2) is 0 Å². The minimum Gasteiger partial charge on any atom is -0.350 e. The van der Waals surface area contributed by atoms with E-state index in [0.717, 1.165) is 44.6 Å². The van der Waals surface area contributed by atoms with Gasteiger partial charge in [0.25, 0.3) is 5.91 Å². The smallest absolute Gasteiger partial charge is 0.269 e. The van der Waals surface area contributed by atoms with Gasteiger partial charge in [0.2, 0.25) is 0 Å². The zero-order chi connectivity index (χ0) is 13.0. The number of aryl methyl sites for hydroxylation is 2. The van der Waals surface area contributed by atoms with Gasteiger partial charge in [-0.3, -0.25) is 9.48 Å². The maximum Gasteiger partial charge on any atom is 0.269 e. The molecule has 1 saturated heterocycles. The minimum atomic E-state index is -0.0146. The molecule has 0 saturated carbocycles. The lowest BCUT2D eigenvalue weighted by atomic mass is 10.1. The highest BCUT2D eigenvalue weighted by Gasteiger charge is 2.17. The van der Waals surface area contributed by atoms with E-state index in [-0.39, 0.29) is 5.91 Å². The standard InChI is InChI=1S/C13H22N4O/c1-3-4-11-7-12(17(2)16-11)13(18)15-9-10-5-6-14-8-10/h7,10,14H,3-6,8-9H2,1-2H3,(H,15,18)/t10-/m0/s1. The maximum absolute atomic E-state index is 12.0. The summed E-state index contributed by atoms with van der Waals surface area (Å²) in [6.07, 6.45) is 3.12. The summed E-state index contributed by atoms with van der Waals surface area (Å²) < 4.78 is 1.67. The molecule has 0 radical (unpaired) electrons. The topological polar surface area (TPSA) is 59.0 Å². The van der Waals surface area contributed by atoms with Crippen LogP contribution in [0.3, 0.4) is 0 Å². The van der Waals surface area contributed by atoms with Crippen molar-refractivity contribution >= 4 is 5.91 Å². The van der Waals surface area contributed by atoms with E-state index in [1.807, 2.05) is 13.1 Å². The molecule has 100 valence electrons. The monoisotopic (exact) mass is 250 g/mol. The van der Waals surface area contributed by atoms with Crippen LogP contribution in [0.2, 0.25) is 0 Å². The summed E-state index contributed by atoms with van der Waals surface area (Å²) in [5.41, 5.74) is 1.65. The van der Waals surface area contributed by atoms with Crippen LogP contribution in [0, 0.1) is 5.92 Å². The molecule has 1 aliphatic rings. The number of nitrogens with one attached hydrogen (secondary N) is 2. The molecule has 1 fully saturated rings. The number of hydrogen-bond acceptors (Lipinski definition) is 3. The van der Waals surface area contributed by atoms with Crippen molar-refractivity contribution in [3.05, 3.63) is 17.5 Å². The first kappa shape index (κ1) is 13.1. The van der Waals surface area contributed by atoms with Crippen LogP contribution in [-0.2, 0) is 13.5 Å². The van der Waals surface area contributed by atoms with Crippen LogP contribution in [0.15, 0.2) is 6.07 Å². The Labute approximate surface area is 108 Å². The van der Waals surface area contributed by atoms with Crippen LogP contribution in [-0.4, -0.2) is 35.3 Å². The Morgan fingerprint density at radius 2 is 2.50 bits per heavy atom. The highest BCUT2D eigenvalue weighted by atomic mass is 16.2. The van der Waals surface area contributed by atoms with Gasteiger partial charge in [-0.15, -0.1) is 0 Å². The molecule has 18 heavy (non-hydrogen) atoms. The van der Waals surface area contributed by atoms with Gasteiger partial charge in [-0.2, -0.15) is 5.10 Å². The summed E-state index contributed by atoms with van der Waals surface area (Å²) in [6.45, 7) is 4.93. The Kier molecular flexibility index (Phi) is 4.36. The maximum atomic E-state index is 12.0. The van der Waals surface area contributed by atoms with Gasteiger partial charge in [-0.1, -0.05) is 13.3 Å². The van der Waals surface area contributed by atoms with Gasteiger partial charge in [-0.05, 0) is 37.9 Å². The first-order valence-corrected chi connectivity index (χ1v) is 6.72. The molecule has 1 atom stereocenters. The van der Waals surface area contributed by atoms with E-state index in [1.165, 1.54) is 0 Å². The molecule has 0 spiro atoms. The number of hydrogen-bond donors (Lipinski definition) is 2. The third-order valence-corrected chi connectivity index (χ3v) is 3.38. The predicted molar refractivity (Wildman–Crippen MR) is 70.5 cm³/mol. The molecule has 1 amide bonds. The lowest BCUT2D eigenvalue weighted by Gasteiger charge is -2.09. The van der Waals surface area contributed by atoms with Crippen molar-refractivity contribution in [3.63, 3.8) is 0 Å². The fourth-order valence-electron chi connectivity index (χ4n) is 2.33. The van der Waals surface area contributed by atoms with Crippen molar-refractivity contribution < 1.29 is 4.79 Å². The second kappa shape index (κ2) is 6.00. The van der Waals surface area contributed by atoms with Gasteiger partial charge < -0.3 is 10.6 Å². The lowest BCUT2D eigenvalue weighted by molar-refractivity contribution is 0.0939. The normalized spacial score (nSPS) is 19.1. The van der Waals surface area contributed by atoms with Gasteiger partial charge in [0.05, 0.1) is 5.69 Å². The van der Waals surface area contributed by atoms with Gasteiger partial charge in [0.15, 0.2) is 0 Å². The van der Waals surface area contributed by atoms with Crippen molar-refractivity contribution in [1.82, 2.24) is 20.4 Å². The Morgan fingerprint density at radius 1 is 1.67 bits per heavy atom. The quantitative estimate of drug-likeness (QED) is 0.809. The Morgan fingerprint density at radius 3 is 3.17 bits per heavy atom. The van der Waals surface area contributed by atoms with Crippen LogP contribution in [0.4, 0.5) is 0 Å². The van der Waals surface area contributed by atoms with Crippen molar-refractivity contribution in [3.8, 4) is 0 Å². The molecule has 1 aromatic rings. The molecule has 1 aliphatic heterocycles. The van der Waals surface area contributed by atoms with Crippen molar-refractivity contribution in [2.45, 2.75) is 26.2 Å². The van der Waals surface area contributed by atoms with Crippen LogP contribution >= 0.6 is 0 Å². The number of carbonyl (C=O) groups is 1. The number of rotatable bonds is 5. The Bertz CT molecular complexity index is 407. The van der Waals surface area contributed by atoms with Crippen molar-refractivity contribution in [1.29, 1.82) is 0 Å². The van der Waals surface area contributed by atoms with Gasteiger partial charge in [0, 0.05) is 13.6 Å².